The van der Waals surface area contributed by atoms with Crippen LogP contribution in [0.2, 0.25) is 5.02 Å². The van der Waals surface area contributed by atoms with Gasteiger partial charge < -0.3 is 10.6 Å². The van der Waals surface area contributed by atoms with E-state index in [1.807, 2.05) is 10.7 Å². The van der Waals surface area contributed by atoms with Crippen molar-refractivity contribution in [2.24, 2.45) is 0 Å². The normalized spacial score (nSPS) is 14.5. The van der Waals surface area contributed by atoms with Gasteiger partial charge in [0.1, 0.15) is 5.82 Å². The smallest absolute Gasteiger partial charge is 0.363 e. The number of pyridine rings is 1. The number of hydrogen-bond donors (Lipinski definition) is 2. The summed E-state index contributed by atoms with van der Waals surface area (Å²) in [7, 11) is 0. The molecule has 0 unspecified atom stereocenters. The largest absolute Gasteiger partial charge is 0.417 e. The van der Waals surface area contributed by atoms with E-state index >= 15 is 0 Å². The van der Waals surface area contributed by atoms with E-state index in [0.717, 1.165) is 49.7 Å². The van der Waals surface area contributed by atoms with Crippen LogP contribution in [0.3, 0.4) is 0 Å². The lowest BCUT2D eigenvalue weighted by Gasteiger charge is -2.10. The summed E-state index contributed by atoms with van der Waals surface area (Å²) in [6.45, 7) is 2.91. The van der Waals surface area contributed by atoms with Gasteiger partial charge in [-0.2, -0.15) is 18.3 Å². The molecule has 0 bridgehead atoms. The summed E-state index contributed by atoms with van der Waals surface area (Å²) in [6, 6.07) is 2.83. The van der Waals surface area contributed by atoms with Gasteiger partial charge in [0.25, 0.3) is 0 Å². The minimum absolute atomic E-state index is 0. The van der Waals surface area contributed by atoms with Crippen LogP contribution in [0.15, 0.2) is 18.3 Å². The van der Waals surface area contributed by atoms with Crippen molar-refractivity contribution in [2.45, 2.75) is 32.2 Å². The predicted octanol–water partition coefficient (Wildman–Crippen LogP) is 3.48. The van der Waals surface area contributed by atoms with Crippen LogP contribution in [0, 0.1) is 0 Å². The molecule has 0 saturated carbocycles. The Morgan fingerprint density at radius 3 is 2.83 bits per heavy atom. The van der Waals surface area contributed by atoms with Gasteiger partial charge in [-0.25, -0.2) is 4.98 Å². The highest BCUT2D eigenvalue weighted by Gasteiger charge is 2.31. The SMILES string of the molecule is Cl.FC(F)(F)c1cnc(NCc2cc3n(n2)CCCNC3)c(Cl)c1. The van der Waals surface area contributed by atoms with Crippen LogP contribution < -0.4 is 10.6 Å². The zero-order chi connectivity index (χ0) is 16.4. The molecule has 0 fully saturated rings. The summed E-state index contributed by atoms with van der Waals surface area (Å²) in [6.07, 6.45) is -2.68. The third kappa shape index (κ3) is 4.31. The van der Waals surface area contributed by atoms with Gasteiger partial charge in [0, 0.05) is 19.3 Å². The molecule has 1 aliphatic heterocycles. The van der Waals surface area contributed by atoms with Crippen molar-refractivity contribution in [3.63, 3.8) is 0 Å². The Balaban J connectivity index is 0.00000208. The molecular formula is C14H16Cl2F3N5. The topological polar surface area (TPSA) is 54.8 Å². The van der Waals surface area contributed by atoms with Crippen LogP contribution in [-0.2, 0) is 25.8 Å². The Morgan fingerprint density at radius 1 is 1.33 bits per heavy atom. The van der Waals surface area contributed by atoms with Crippen LogP contribution in [0.5, 0.6) is 0 Å². The molecule has 3 heterocycles. The van der Waals surface area contributed by atoms with Crippen molar-refractivity contribution in [1.82, 2.24) is 20.1 Å². The number of hydrogen-bond acceptors (Lipinski definition) is 4. The monoisotopic (exact) mass is 381 g/mol. The molecule has 2 aromatic rings. The number of nitrogens with zero attached hydrogens (tertiary/aromatic N) is 3. The molecule has 0 spiro atoms. The standard InChI is InChI=1S/C14H15ClF3N5.ClH/c15-12-4-9(14(16,17)18)6-20-13(12)21-7-10-5-11-8-19-2-1-3-23(11)22-10;/h4-6,19H,1-3,7-8H2,(H,20,21);1H. The van der Waals surface area contributed by atoms with E-state index in [2.05, 4.69) is 20.7 Å². The molecule has 2 aromatic heterocycles. The fourth-order valence-corrected chi connectivity index (χ4v) is 2.64. The van der Waals surface area contributed by atoms with Crippen molar-refractivity contribution in [1.29, 1.82) is 0 Å². The molecule has 2 N–H and O–H groups in total. The minimum Gasteiger partial charge on any atom is -0.363 e. The van der Waals surface area contributed by atoms with Crippen molar-refractivity contribution in [3.8, 4) is 0 Å². The Morgan fingerprint density at radius 2 is 2.12 bits per heavy atom. The summed E-state index contributed by atoms with van der Waals surface area (Å²) in [5, 5.41) is 10.6. The molecule has 1 aliphatic rings. The van der Waals surface area contributed by atoms with E-state index in [4.69, 9.17) is 11.6 Å². The van der Waals surface area contributed by atoms with Crippen LogP contribution in [-0.4, -0.2) is 21.3 Å². The fraction of sp³-hybridized carbons (Fsp3) is 0.429. The zero-order valence-corrected chi connectivity index (χ0v) is 14.1. The Bertz CT molecular complexity index is 679. The number of rotatable bonds is 3. The molecule has 0 radical (unpaired) electrons. The third-order valence-electron chi connectivity index (χ3n) is 3.55. The van der Waals surface area contributed by atoms with Crippen molar-refractivity contribution >= 4 is 29.8 Å². The van der Waals surface area contributed by atoms with Gasteiger partial charge in [-0.3, -0.25) is 4.68 Å². The van der Waals surface area contributed by atoms with Gasteiger partial charge in [-0.1, -0.05) is 11.6 Å². The Kier molecular flexibility index (Phi) is 5.95. The lowest BCUT2D eigenvalue weighted by atomic mass is 10.2. The van der Waals surface area contributed by atoms with Gasteiger partial charge in [-0.15, -0.1) is 12.4 Å². The summed E-state index contributed by atoms with van der Waals surface area (Å²) in [4.78, 5) is 3.75. The van der Waals surface area contributed by atoms with Crippen LogP contribution in [0.25, 0.3) is 0 Å². The van der Waals surface area contributed by atoms with Crippen LogP contribution in [0.4, 0.5) is 19.0 Å². The first-order valence-corrected chi connectivity index (χ1v) is 7.54. The second-order valence-electron chi connectivity index (χ2n) is 5.29. The molecule has 10 heteroatoms. The van der Waals surface area contributed by atoms with Gasteiger partial charge in [0.05, 0.1) is 28.5 Å². The lowest BCUT2D eigenvalue weighted by molar-refractivity contribution is -0.137. The molecule has 0 aromatic carbocycles. The highest BCUT2D eigenvalue weighted by Crippen LogP contribution is 2.32. The summed E-state index contributed by atoms with van der Waals surface area (Å²) < 4.78 is 39.7. The number of aryl methyl sites for hydroxylation is 1. The van der Waals surface area contributed by atoms with E-state index in [0.29, 0.717) is 6.54 Å². The predicted molar refractivity (Wildman–Crippen MR) is 87.4 cm³/mol. The first-order chi connectivity index (χ1) is 10.9. The maximum absolute atomic E-state index is 12.6. The van der Waals surface area contributed by atoms with Crippen LogP contribution in [0.1, 0.15) is 23.4 Å². The van der Waals surface area contributed by atoms with E-state index in [1.165, 1.54) is 0 Å². The molecule has 0 saturated heterocycles. The summed E-state index contributed by atoms with van der Waals surface area (Å²) >= 11 is 5.86. The van der Waals surface area contributed by atoms with E-state index in [9.17, 15) is 13.2 Å². The number of anilines is 1. The number of aromatic nitrogens is 3. The third-order valence-corrected chi connectivity index (χ3v) is 3.84. The number of fused-ring (bicyclic) bond motifs is 1. The molecule has 0 atom stereocenters. The summed E-state index contributed by atoms with van der Waals surface area (Å²) in [5.41, 5.74) is 1.01. The van der Waals surface area contributed by atoms with E-state index in [1.54, 1.807) is 0 Å². The van der Waals surface area contributed by atoms with Crippen LogP contribution >= 0.6 is 24.0 Å². The quantitative estimate of drug-likeness (QED) is 0.854. The molecule has 0 amide bonds. The second-order valence-corrected chi connectivity index (χ2v) is 5.69. The molecule has 3 rings (SSSR count). The molecule has 5 nitrogen and oxygen atoms in total. The average Bonchev–Trinajstić information content (AvgIpc) is 2.74. The maximum atomic E-state index is 12.6. The minimum atomic E-state index is -4.45. The maximum Gasteiger partial charge on any atom is 0.417 e. The number of halogens is 5. The zero-order valence-electron chi connectivity index (χ0n) is 12.5. The second kappa shape index (κ2) is 7.58. The average molecular weight is 382 g/mol. The molecular weight excluding hydrogens is 366 g/mol. The van der Waals surface area contributed by atoms with Gasteiger partial charge in [0.15, 0.2) is 0 Å². The molecule has 24 heavy (non-hydrogen) atoms. The fourth-order valence-electron chi connectivity index (χ4n) is 2.40. The lowest BCUT2D eigenvalue weighted by Crippen LogP contribution is -2.12. The Hall–Kier alpha value is -1.51. The van der Waals surface area contributed by atoms with Gasteiger partial charge in [-0.05, 0) is 25.1 Å². The van der Waals surface area contributed by atoms with E-state index < -0.39 is 11.7 Å². The van der Waals surface area contributed by atoms with Gasteiger partial charge >= 0.3 is 6.18 Å². The number of alkyl halides is 3. The first-order valence-electron chi connectivity index (χ1n) is 7.16. The van der Waals surface area contributed by atoms with Crippen molar-refractivity contribution in [3.05, 3.63) is 40.3 Å². The van der Waals surface area contributed by atoms with E-state index in [-0.39, 0.29) is 23.2 Å². The molecule has 132 valence electrons. The molecule has 0 aliphatic carbocycles. The van der Waals surface area contributed by atoms with Crippen molar-refractivity contribution in [2.75, 3.05) is 11.9 Å². The van der Waals surface area contributed by atoms with Crippen molar-refractivity contribution < 1.29 is 13.2 Å². The number of nitrogens with one attached hydrogen (secondary N) is 2. The highest BCUT2D eigenvalue weighted by molar-refractivity contribution is 6.32. The highest BCUT2D eigenvalue weighted by atomic mass is 35.5. The Labute approximate surface area is 148 Å². The summed E-state index contributed by atoms with van der Waals surface area (Å²) in [5.74, 6) is 0.209. The van der Waals surface area contributed by atoms with Gasteiger partial charge in [0.2, 0.25) is 0 Å². The first kappa shape index (κ1) is 18.8.